The van der Waals surface area contributed by atoms with Gasteiger partial charge in [0.25, 0.3) is 11.5 Å². The summed E-state index contributed by atoms with van der Waals surface area (Å²) in [5.41, 5.74) is 0.898. The highest BCUT2D eigenvalue weighted by Gasteiger charge is 2.13. The molecule has 0 radical (unpaired) electrons. The lowest BCUT2D eigenvalue weighted by Crippen LogP contribution is -2.28. The van der Waals surface area contributed by atoms with Crippen LogP contribution in [-0.2, 0) is 6.54 Å². The van der Waals surface area contributed by atoms with E-state index in [1.165, 1.54) is 40.3 Å². The van der Waals surface area contributed by atoms with Crippen LogP contribution in [0, 0.1) is 5.82 Å². The zero-order valence-corrected chi connectivity index (χ0v) is 17.0. The first kappa shape index (κ1) is 20.4. The van der Waals surface area contributed by atoms with E-state index in [-0.39, 0.29) is 30.2 Å². The van der Waals surface area contributed by atoms with Crippen molar-refractivity contribution in [3.8, 4) is 17.0 Å². The minimum atomic E-state index is -0.502. The van der Waals surface area contributed by atoms with Crippen LogP contribution < -0.4 is 15.6 Å². The molecule has 0 fully saturated rings. The number of hydrogen-bond acceptors (Lipinski definition) is 6. The molecule has 2 aromatic carbocycles. The van der Waals surface area contributed by atoms with E-state index in [2.05, 4.69) is 15.4 Å². The van der Waals surface area contributed by atoms with Gasteiger partial charge in [-0.05, 0) is 30.3 Å². The van der Waals surface area contributed by atoms with Crippen molar-refractivity contribution in [1.29, 1.82) is 0 Å². The topological polar surface area (TPSA) is 86.1 Å². The number of aromatic nitrogens is 3. The summed E-state index contributed by atoms with van der Waals surface area (Å²) in [6.45, 7) is 0.418. The van der Waals surface area contributed by atoms with E-state index >= 15 is 0 Å². The predicted molar refractivity (Wildman–Crippen MR) is 116 cm³/mol. The molecule has 9 heteroatoms. The Balaban J connectivity index is 1.42. The van der Waals surface area contributed by atoms with Crippen molar-refractivity contribution in [1.82, 2.24) is 14.8 Å². The summed E-state index contributed by atoms with van der Waals surface area (Å²) in [4.78, 5) is 28.9. The van der Waals surface area contributed by atoms with Gasteiger partial charge in [0.1, 0.15) is 23.9 Å². The number of thiazole rings is 1. The monoisotopic (exact) mass is 436 g/mol. The predicted octanol–water partition coefficient (Wildman–Crippen LogP) is 3.84. The zero-order valence-electron chi connectivity index (χ0n) is 16.2. The number of anilines is 1. The van der Waals surface area contributed by atoms with Crippen molar-refractivity contribution in [3.05, 3.63) is 94.0 Å². The Hall–Kier alpha value is -3.85. The van der Waals surface area contributed by atoms with Gasteiger partial charge >= 0.3 is 0 Å². The fourth-order valence-electron chi connectivity index (χ4n) is 2.77. The average Bonchev–Trinajstić information content (AvgIpc) is 3.24. The molecule has 0 aliphatic carbocycles. The van der Waals surface area contributed by atoms with E-state index in [1.807, 2.05) is 30.3 Å². The van der Waals surface area contributed by atoms with E-state index < -0.39 is 5.91 Å². The number of ether oxygens (including phenoxy) is 1. The summed E-state index contributed by atoms with van der Waals surface area (Å²) in [6.07, 6.45) is 0. The maximum absolute atomic E-state index is 13.4. The van der Waals surface area contributed by atoms with Crippen LogP contribution in [0.2, 0.25) is 0 Å². The van der Waals surface area contributed by atoms with Crippen molar-refractivity contribution in [2.75, 3.05) is 11.9 Å². The number of amides is 1. The van der Waals surface area contributed by atoms with Crippen LogP contribution in [-0.4, -0.2) is 27.3 Å². The number of para-hydroxylation sites is 1. The van der Waals surface area contributed by atoms with Crippen LogP contribution >= 0.6 is 11.3 Å². The molecule has 0 atom stereocenters. The number of carbonyl (C=O) groups is 1. The van der Waals surface area contributed by atoms with Crippen LogP contribution in [0.15, 0.2) is 76.9 Å². The lowest BCUT2D eigenvalue weighted by atomic mass is 10.2. The third kappa shape index (κ3) is 5.20. The summed E-state index contributed by atoms with van der Waals surface area (Å²) in [7, 11) is 0. The molecule has 0 aliphatic heterocycles. The molecule has 156 valence electrons. The maximum Gasteiger partial charge on any atom is 0.277 e. The number of hydrogen-bond donors (Lipinski definition) is 1. The molecule has 0 saturated carbocycles. The second-order valence-electron chi connectivity index (χ2n) is 6.44. The first-order chi connectivity index (χ1) is 15.1. The van der Waals surface area contributed by atoms with Crippen LogP contribution in [0.25, 0.3) is 11.3 Å². The molecule has 4 rings (SSSR count). The molecule has 31 heavy (non-hydrogen) atoms. The van der Waals surface area contributed by atoms with Crippen LogP contribution in [0.1, 0.15) is 10.5 Å². The molecule has 2 aromatic heterocycles. The Kier molecular flexibility index (Phi) is 6.13. The van der Waals surface area contributed by atoms with E-state index in [4.69, 9.17) is 4.74 Å². The molecular formula is C22H17FN4O3S. The summed E-state index contributed by atoms with van der Waals surface area (Å²) in [5, 5.41) is 8.84. The van der Waals surface area contributed by atoms with E-state index in [0.29, 0.717) is 22.1 Å². The second kappa shape index (κ2) is 9.31. The van der Waals surface area contributed by atoms with E-state index in [0.717, 1.165) is 0 Å². The average molecular weight is 436 g/mol. The van der Waals surface area contributed by atoms with E-state index in [1.54, 1.807) is 17.5 Å². The molecule has 0 unspecified atom stereocenters. The summed E-state index contributed by atoms with van der Waals surface area (Å²) in [6, 6.07) is 17.9. The molecule has 7 nitrogen and oxygen atoms in total. The number of halogens is 1. The molecule has 1 N–H and O–H groups in total. The molecular weight excluding hydrogens is 419 g/mol. The number of nitrogens with one attached hydrogen (secondary N) is 1. The highest BCUT2D eigenvalue weighted by molar-refractivity contribution is 7.14. The van der Waals surface area contributed by atoms with Crippen LogP contribution in [0.3, 0.4) is 0 Å². The molecule has 0 aliphatic rings. The molecule has 2 heterocycles. The van der Waals surface area contributed by atoms with Gasteiger partial charge < -0.3 is 4.74 Å². The maximum atomic E-state index is 13.4. The van der Waals surface area contributed by atoms with Gasteiger partial charge in [-0.1, -0.05) is 30.3 Å². The van der Waals surface area contributed by atoms with Crippen molar-refractivity contribution >= 4 is 22.4 Å². The van der Waals surface area contributed by atoms with Crippen LogP contribution in [0.5, 0.6) is 5.75 Å². The molecule has 0 saturated heterocycles. The van der Waals surface area contributed by atoms with Gasteiger partial charge in [0, 0.05) is 17.0 Å². The lowest BCUT2D eigenvalue weighted by molar-refractivity contribution is 0.101. The number of carbonyl (C=O) groups excluding carboxylic acids is 1. The Morgan fingerprint density at radius 3 is 2.74 bits per heavy atom. The minimum Gasteiger partial charge on any atom is -0.492 e. The Bertz CT molecular complexity index is 1260. The Morgan fingerprint density at radius 2 is 1.94 bits per heavy atom. The number of nitrogens with zero attached hydrogens (tertiary/aromatic N) is 3. The standard InChI is InChI=1S/C22H17FN4O3S/c23-16-6-4-5-15(13-16)19-14-31-22(24-19)25-21(29)18-9-10-20(28)27(26-18)11-12-30-17-7-2-1-3-8-17/h1-10,13-14H,11-12H2,(H,24,25,29). The first-order valence-corrected chi connectivity index (χ1v) is 10.3. The first-order valence-electron chi connectivity index (χ1n) is 9.37. The van der Waals surface area contributed by atoms with Gasteiger partial charge in [-0.15, -0.1) is 11.3 Å². The van der Waals surface area contributed by atoms with Gasteiger partial charge in [0.2, 0.25) is 0 Å². The minimum absolute atomic E-state index is 0.0711. The SMILES string of the molecule is O=C(Nc1nc(-c2cccc(F)c2)cs1)c1ccc(=O)n(CCOc2ccccc2)n1. The fraction of sp³-hybridized carbons (Fsp3) is 0.0909. The van der Waals surface area contributed by atoms with Crippen LogP contribution in [0.4, 0.5) is 9.52 Å². The van der Waals surface area contributed by atoms with Crippen molar-refractivity contribution in [2.45, 2.75) is 6.54 Å². The van der Waals surface area contributed by atoms with Gasteiger partial charge in [0.15, 0.2) is 5.13 Å². The largest absolute Gasteiger partial charge is 0.492 e. The fourth-order valence-corrected chi connectivity index (χ4v) is 3.48. The third-order valence-electron chi connectivity index (χ3n) is 4.26. The Labute approximate surface area is 180 Å². The summed E-state index contributed by atoms with van der Waals surface area (Å²) < 4.78 is 20.2. The number of benzene rings is 2. The molecule has 0 bridgehead atoms. The van der Waals surface area contributed by atoms with Crippen molar-refractivity contribution in [3.63, 3.8) is 0 Å². The summed E-state index contributed by atoms with van der Waals surface area (Å²) in [5.74, 6) is -0.182. The highest BCUT2D eigenvalue weighted by Crippen LogP contribution is 2.25. The normalized spacial score (nSPS) is 10.6. The van der Waals surface area contributed by atoms with Gasteiger partial charge in [-0.2, -0.15) is 5.10 Å². The Morgan fingerprint density at radius 1 is 1.10 bits per heavy atom. The third-order valence-corrected chi connectivity index (χ3v) is 5.02. The van der Waals surface area contributed by atoms with Crippen molar-refractivity contribution in [2.24, 2.45) is 0 Å². The van der Waals surface area contributed by atoms with Gasteiger partial charge in [0.05, 0.1) is 12.2 Å². The van der Waals surface area contributed by atoms with Gasteiger partial charge in [-0.3, -0.25) is 14.9 Å². The van der Waals surface area contributed by atoms with Gasteiger partial charge in [-0.25, -0.2) is 14.1 Å². The molecule has 0 spiro atoms. The highest BCUT2D eigenvalue weighted by atomic mass is 32.1. The molecule has 4 aromatic rings. The zero-order chi connectivity index (χ0) is 21.6. The second-order valence-corrected chi connectivity index (χ2v) is 7.30. The van der Waals surface area contributed by atoms with Crippen molar-refractivity contribution < 1.29 is 13.9 Å². The van der Waals surface area contributed by atoms with E-state index in [9.17, 15) is 14.0 Å². The quantitative estimate of drug-likeness (QED) is 0.476. The summed E-state index contributed by atoms with van der Waals surface area (Å²) >= 11 is 1.21. The lowest BCUT2D eigenvalue weighted by Gasteiger charge is -2.08. The molecule has 1 amide bonds. The smallest absolute Gasteiger partial charge is 0.277 e. The number of rotatable bonds is 7.